The molecule has 2 aliphatic heterocycles. The van der Waals surface area contributed by atoms with Crippen molar-refractivity contribution in [1.29, 1.82) is 0 Å². The molecule has 3 heterocycles. The van der Waals surface area contributed by atoms with Crippen LogP contribution in [-0.2, 0) is 21.7 Å². The van der Waals surface area contributed by atoms with Crippen LogP contribution in [0, 0.1) is 0 Å². The third-order valence-electron chi connectivity index (χ3n) is 14.9. The van der Waals surface area contributed by atoms with Crippen LogP contribution in [0.5, 0.6) is 0 Å². The largest absolute Gasteiger partial charge is 0.311 e. The fraction of sp³-hybridized carbons (Fsp3) is 0.242. The molecule has 0 saturated heterocycles. The molecule has 0 unspecified atom stereocenters. The van der Waals surface area contributed by atoms with Gasteiger partial charge in [0, 0.05) is 60.4 Å². The maximum absolute atomic E-state index is 2.58. The van der Waals surface area contributed by atoms with Gasteiger partial charge >= 0.3 is 0 Å². The van der Waals surface area contributed by atoms with Crippen molar-refractivity contribution in [2.75, 3.05) is 14.7 Å². The lowest BCUT2D eigenvalue weighted by atomic mass is 9.36. The van der Waals surface area contributed by atoms with Gasteiger partial charge in [-0.1, -0.05) is 192 Å². The number of thiophene rings is 1. The number of hydrogen-bond donors (Lipinski definition) is 0. The maximum atomic E-state index is 2.58. The second-order valence-electron chi connectivity index (χ2n) is 23.9. The Kier molecular flexibility index (Phi) is 11.1. The minimum absolute atomic E-state index is 0.0120. The van der Waals surface area contributed by atoms with E-state index in [0.717, 1.165) is 22.7 Å². The molecule has 0 aliphatic carbocycles. The number of anilines is 9. The number of benzene rings is 8. The number of rotatable bonds is 6. The fourth-order valence-corrected chi connectivity index (χ4v) is 12.3. The number of nitrogens with zero attached hydrogens (tertiary/aromatic N) is 3. The van der Waals surface area contributed by atoms with Gasteiger partial charge in [-0.05, 0) is 139 Å². The summed E-state index contributed by atoms with van der Waals surface area (Å²) >= 11 is 1.97. The molecule has 9 aromatic rings. The zero-order chi connectivity index (χ0) is 49.8. The van der Waals surface area contributed by atoms with Gasteiger partial charge in [-0.3, -0.25) is 0 Å². The Balaban J connectivity index is 1.19. The zero-order valence-electron chi connectivity index (χ0n) is 43.6. The molecule has 0 saturated carbocycles. The molecule has 0 N–H and O–H groups in total. The van der Waals surface area contributed by atoms with E-state index in [0.29, 0.717) is 0 Å². The summed E-state index contributed by atoms with van der Waals surface area (Å²) in [4.78, 5) is 7.58. The Morgan fingerprint density at radius 2 is 0.859 bits per heavy atom. The SMILES string of the molecule is CC(C)(C)c1ccc(N(c2ccc(C(C)(C)C)cc2)c2ccc3c(c2)N(c2ccc(C(C)(C)C)cc2)c2cccc4c2B3c2sc3c(-c5ccccc5)cccc3c2N4c2ccc(C(C)(C)C)cc2)cc1. The lowest BCUT2D eigenvalue weighted by Gasteiger charge is -2.43. The average Bonchev–Trinajstić information content (AvgIpc) is 3.73. The summed E-state index contributed by atoms with van der Waals surface area (Å²) < 4.78 is 2.68. The van der Waals surface area contributed by atoms with Crippen LogP contribution in [0.1, 0.15) is 105 Å². The van der Waals surface area contributed by atoms with Crippen molar-refractivity contribution in [3.8, 4) is 11.1 Å². The second-order valence-corrected chi connectivity index (χ2v) is 25.0. The van der Waals surface area contributed by atoms with Crippen molar-refractivity contribution in [1.82, 2.24) is 0 Å². The molecule has 2 aliphatic rings. The first-order chi connectivity index (χ1) is 33.8. The maximum Gasteiger partial charge on any atom is 0.264 e. The predicted octanol–water partition coefficient (Wildman–Crippen LogP) is 17.3. The minimum Gasteiger partial charge on any atom is -0.311 e. The van der Waals surface area contributed by atoms with Gasteiger partial charge in [0.15, 0.2) is 0 Å². The Bertz CT molecular complexity index is 3370. The molecule has 0 atom stereocenters. The molecule has 0 bridgehead atoms. The quantitative estimate of drug-likeness (QED) is 0.154. The van der Waals surface area contributed by atoms with Gasteiger partial charge in [0.05, 0.1) is 5.69 Å². The highest BCUT2D eigenvalue weighted by Crippen LogP contribution is 2.50. The molecule has 5 heteroatoms. The van der Waals surface area contributed by atoms with Crippen molar-refractivity contribution < 1.29 is 0 Å². The highest BCUT2D eigenvalue weighted by molar-refractivity contribution is 7.34. The molecule has 0 amide bonds. The lowest BCUT2D eigenvalue weighted by Crippen LogP contribution is -2.60. The van der Waals surface area contributed by atoms with E-state index in [4.69, 9.17) is 0 Å². The monoisotopic (exact) mass is 944 g/mol. The topological polar surface area (TPSA) is 9.72 Å². The van der Waals surface area contributed by atoms with Gasteiger partial charge in [0.2, 0.25) is 0 Å². The van der Waals surface area contributed by atoms with E-state index in [2.05, 4.69) is 280 Å². The van der Waals surface area contributed by atoms with Crippen molar-refractivity contribution in [2.24, 2.45) is 0 Å². The van der Waals surface area contributed by atoms with Crippen LogP contribution < -0.4 is 30.4 Å². The molecule has 1 aromatic heterocycles. The summed E-state index contributed by atoms with van der Waals surface area (Å²) in [5, 5.41) is 1.28. The van der Waals surface area contributed by atoms with Gasteiger partial charge < -0.3 is 14.7 Å². The molecule has 3 nitrogen and oxygen atoms in total. The van der Waals surface area contributed by atoms with Gasteiger partial charge in [-0.15, -0.1) is 11.3 Å². The summed E-state index contributed by atoms with van der Waals surface area (Å²) in [7, 11) is 0. The molecule has 11 rings (SSSR count). The van der Waals surface area contributed by atoms with Crippen LogP contribution in [0.4, 0.5) is 51.2 Å². The normalized spacial score (nSPS) is 13.5. The van der Waals surface area contributed by atoms with E-state index in [9.17, 15) is 0 Å². The summed E-state index contributed by atoms with van der Waals surface area (Å²) in [6.45, 7) is 27.5. The van der Waals surface area contributed by atoms with Gasteiger partial charge in [-0.2, -0.15) is 0 Å². The summed E-state index contributed by atoms with van der Waals surface area (Å²) in [5.41, 5.74) is 21.2. The van der Waals surface area contributed by atoms with Crippen LogP contribution in [0.25, 0.3) is 21.2 Å². The van der Waals surface area contributed by atoms with Crippen LogP contribution >= 0.6 is 11.3 Å². The third kappa shape index (κ3) is 8.17. The summed E-state index contributed by atoms with van der Waals surface area (Å²) in [6.07, 6.45) is 0. The van der Waals surface area contributed by atoms with Gasteiger partial charge in [-0.25, -0.2) is 0 Å². The van der Waals surface area contributed by atoms with Crippen molar-refractivity contribution in [3.05, 3.63) is 204 Å². The molecule has 0 spiro atoms. The van der Waals surface area contributed by atoms with Gasteiger partial charge in [0.25, 0.3) is 6.71 Å². The Morgan fingerprint density at radius 1 is 0.408 bits per heavy atom. The van der Waals surface area contributed by atoms with E-state index in [1.807, 2.05) is 11.3 Å². The van der Waals surface area contributed by atoms with Crippen LogP contribution in [0.2, 0.25) is 0 Å². The Morgan fingerprint density at radius 3 is 1.37 bits per heavy atom. The minimum atomic E-state index is -0.0120. The van der Waals surface area contributed by atoms with E-state index in [1.165, 1.54) is 87.6 Å². The smallest absolute Gasteiger partial charge is 0.264 e. The van der Waals surface area contributed by atoms with Crippen molar-refractivity contribution in [3.63, 3.8) is 0 Å². The molecule has 0 radical (unpaired) electrons. The first-order valence-electron chi connectivity index (χ1n) is 25.5. The number of fused-ring (bicyclic) bond motifs is 6. The first-order valence-corrected chi connectivity index (χ1v) is 26.3. The highest BCUT2D eigenvalue weighted by atomic mass is 32.1. The Hall–Kier alpha value is -6.82. The number of hydrogen-bond acceptors (Lipinski definition) is 4. The van der Waals surface area contributed by atoms with Crippen molar-refractivity contribution >= 4 is 95.0 Å². The lowest BCUT2D eigenvalue weighted by molar-refractivity contribution is 0.590. The fourth-order valence-electron chi connectivity index (χ4n) is 10.8. The average molecular weight is 944 g/mol. The molecule has 354 valence electrons. The van der Waals surface area contributed by atoms with Crippen LogP contribution in [-0.4, -0.2) is 6.71 Å². The summed E-state index contributed by atoms with van der Waals surface area (Å²) in [6, 6.07) is 69.3. The Labute approximate surface area is 427 Å². The van der Waals surface area contributed by atoms with E-state index < -0.39 is 0 Å². The van der Waals surface area contributed by atoms with E-state index >= 15 is 0 Å². The van der Waals surface area contributed by atoms with Gasteiger partial charge in [0.1, 0.15) is 0 Å². The summed E-state index contributed by atoms with van der Waals surface area (Å²) in [5.74, 6) is 0. The highest BCUT2D eigenvalue weighted by Gasteiger charge is 2.45. The van der Waals surface area contributed by atoms with Crippen LogP contribution in [0.3, 0.4) is 0 Å². The van der Waals surface area contributed by atoms with E-state index in [-0.39, 0.29) is 28.4 Å². The molecular weight excluding hydrogens is 878 g/mol. The van der Waals surface area contributed by atoms with Crippen molar-refractivity contribution in [2.45, 2.75) is 105 Å². The first kappa shape index (κ1) is 46.6. The predicted molar refractivity (Wildman–Crippen MR) is 311 cm³/mol. The molecule has 71 heavy (non-hydrogen) atoms. The standard InChI is InChI=1S/C66H66BN3S/c1-63(2,3)44-24-32-48(33-25-44)68(49-34-26-45(27-35-49)64(4,5)6)52-40-41-55-58(42-52)69(50-36-28-46(29-37-50)65(7,8)9)56-22-17-23-57-59(56)67(55)62-60(70(57)51-38-30-47(31-39-51)66(10,11)12)54-21-16-20-53(61(54)71-62)43-18-14-13-15-19-43/h13-42H,1-12H3. The van der Waals surface area contributed by atoms with Crippen LogP contribution in [0.15, 0.2) is 182 Å². The third-order valence-corrected chi connectivity index (χ3v) is 16.2. The second kappa shape index (κ2) is 16.9. The molecule has 0 fully saturated rings. The molecule has 8 aromatic carbocycles. The van der Waals surface area contributed by atoms with E-state index in [1.54, 1.807) is 0 Å². The zero-order valence-corrected chi connectivity index (χ0v) is 44.5. The molecular formula is C66H66BN3S.